The standard InChI is InChI=1S/C13H27NO3/c1-14(9-6-11-15)10-12-17-13(16-2)7-4-3-5-8-13/h15H,3-12H2,1-2H3. The molecule has 4 heteroatoms. The predicted octanol–water partition coefficient (Wildman–Crippen LogP) is 1.62. The first kappa shape index (κ1) is 14.9. The van der Waals surface area contributed by atoms with Crippen molar-refractivity contribution in [3.8, 4) is 0 Å². The lowest BCUT2D eigenvalue weighted by Gasteiger charge is -2.36. The van der Waals surface area contributed by atoms with Crippen LogP contribution < -0.4 is 0 Å². The lowest BCUT2D eigenvalue weighted by molar-refractivity contribution is -0.239. The number of nitrogens with zero attached hydrogens (tertiary/aromatic N) is 1. The maximum absolute atomic E-state index is 8.75. The molecule has 0 aromatic heterocycles. The molecule has 0 heterocycles. The minimum Gasteiger partial charge on any atom is -0.396 e. The Balaban J connectivity index is 2.18. The van der Waals surface area contributed by atoms with Gasteiger partial charge in [-0.25, -0.2) is 0 Å². The van der Waals surface area contributed by atoms with Crippen molar-refractivity contribution in [2.75, 3.05) is 40.5 Å². The first-order valence-electron chi connectivity index (χ1n) is 6.71. The molecule has 0 spiro atoms. The first-order valence-corrected chi connectivity index (χ1v) is 6.71. The molecule has 0 atom stereocenters. The minimum atomic E-state index is -0.323. The molecule has 1 aliphatic rings. The molecule has 1 fully saturated rings. The molecule has 0 bridgehead atoms. The Morgan fingerprint density at radius 3 is 2.47 bits per heavy atom. The number of likely N-dealkylation sites (N-methyl/N-ethyl adjacent to an activating group) is 1. The maximum Gasteiger partial charge on any atom is 0.167 e. The number of aliphatic hydroxyl groups is 1. The van der Waals surface area contributed by atoms with Crippen molar-refractivity contribution in [1.29, 1.82) is 0 Å². The Morgan fingerprint density at radius 2 is 1.88 bits per heavy atom. The zero-order valence-corrected chi connectivity index (χ0v) is 11.3. The van der Waals surface area contributed by atoms with E-state index in [1.165, 1.54) is 19.3 Å². The number of aliphatic hydroxyl groups excluding tert-OH is 1. The molecule has 0 amide bonds. The number of hydrogen-bond acceptors (Lipinski definition) is 4. The highest BCUT2D eigenvalue weighted by Crippen LogP contribution is 2.31. The van der Waals surface area contributed by atoms with E-state index in [2.05, 4.69) is 11.9 Å². The van der Waals surface area contributed by atoms with Crippen LogP contribution in [0.2, 0.25) is 0 Å². The van der Waals surface area contributed by atoms with Gasteiger partial charge in [-0.1, -0.05) is 6.42 Å². The van der Waals surface area contributed by atoms with Crippen molar-refractivity contribution in [2.24, 2.45) is 0 Å². The van der Waals surface area contributed by atoms with Crippen molar-refractivity contribution < 1.29 is 14.6 Å². The van der Waals surface area contributed by atoms with Crippen LogP contribution in [0.3, 0.4) is 0 Å². The van der Waals surface area contributed by atoms with Gasteiger partial charge in [-0.2, -0.15) is 0 Å². The average Bonchev–Trinajstić information content (AvgIpc) is 2.37. The van der Waals surface area contributed by atoms with E-state index >= 15 is 0 Å². The Labute approximate surface area is 105 Å². The normalized spacial score (nSPS) is 19.8. The number of rotatable bonds is 8. The fourth-order valence-corrected chi connectivity index (χ4v) is 2.34. The molecule has 0 aromatic carbocycles. The van der Waals surface area contributed by atoms with E-state index in [1.54, 1.807) is 7.11 Å². The quantitative estimate of drug-likeness (QED) is 0.660. The molecule has 0 radical (unpaired) electrons. The van der Waals surface area contributed by atoms with Crippen molar-refractivity contribution in [2.45, 2.75) is 44.3 Å². The summed E-state index contributed by atoms with van der Waals surface area (Å²) in [6.07, 6.45) is 6.56. The third-order valence-corrected chi connectivity index (χ3v) is 3.52. The van der Waals surface area contributed by atoms with Crippen molar-refractivity contribution in [1.82, 2.24) is 4.90 Å². The van der Waals surface area contributed by atoms with Gasteiger partial charge in [0.05, 0.1) is 6.61 Å². The summed E-state index contributed by atoms with van der Waals surface area (Å²) in [5.74, 6) is -0.323. The third kappa shape index (κ3) is 5.34. The van der Waals surface area contributed by atoms with Gasteiger partial charge in [-0.15, -0.1) is 0 Å². The molecule has 102 valence electrons. The molecular weight excluding hydrogens is 218 g/mol. The molecular formula is C13H27NO3. The van der Waals surface area contributed by atoms with Gasteiger partial charge < -0.3 is 19.5 Å². The van der Waals surface area contributed by atoms with Crippen LogP contribution in [0.5, 0.6) is 0 Å². The summed E-state index contributed by atoms with van der Waals surface area (Å²) in [4.78, 5) is 2.18. The summed E-state index contributed by atoms with van der Waals surface area (Å²) in [6, 6.07) is 0. The van der Waals surface area contributed by atoms with Gasteiger partial charge in [-0.3, -0.25) is 0 Å². The van der Waals surface area contributed by atoms with Crippen LogP contribution in [0.4, 0.5) is 0 Å². The Hall–Kier alpha value is -0.160. The summed E-state index contributed by atoms with van der Waals surface area (Å²) in [7, 11) is 3.81. The highest BCUT2D eigenvalue weighted by Gasteiger charge is 2.32. The molecule has 1 N–H and O–H groups in total. The highest BCUT2D eigenvalue weighted by atomic mass is 16.7. The molecule has 1 rings (SSSR count). The summed E-state index contributed by atoms with van der Waals surface area (Å²) in [5.41, 5.74) is 0. The largest absolute Gasteiger partial charge is 0.396 e. The van der Waals surface area contributed by atoms with Gasteiger partial charge >= 0.3 is 0 Å². The van der Waals surface area contributed by atoms with E-state index in [-0.39, 0.29) is 12.4 Å². The Bertz CT molecular complexity index is 193. The number of ether oxygens (including phenoxy) is 2. The minimum absolute atomic E-state index is 0.257. The van der Waals surface area contributed by atoms with Gasteiger partial charge in [0.1, 0.15) is 0 Å². The van der Waals surface area contributed by atoms with E-state index in [9.17, 15) is 0 Å². The summed E-state index contributed by atoms with van der Waals surface area (Å²) < 4.78 is 11.5. The van der Waals surface area contributed by atoms with Gasteiger partial charge in [0, 0.05) is 39.6 Å². The Morgan fingerprint density at radius 1 is 1.18 bits per heavy atom. The van der Waals surface area contributed by atoms with Crippen LogP contribution in [0.15, 0.2) is 0 Å². The molecule has 4 nitrogen and oxygen atoms in total. The zero-order valence-electron chi connectivity index (χ0n) is 11.3. The highest BCUT2D eigenvalue weighted by molar-refractivity contribution is 4.75. The molecule has 0 saturated heterocycles. The zero-order chi connectivity index (χ0) is 12.6. The Kier molecular flexibility index (Phi) is 7.04. The molecule has 0 aliphatic heterocycles. The van der Waals surface area contributed by atoms with Crippen LogP contribution >= 0.6 is 0 Å². The molecule has 0 unspecified atom stereocenters. The maximum atomic E-state index is 8.75. The summed E-state index contributed by atoms with van der Waals surface area (Å²) in [5, 5.41) is 8.75. The lowest BCUT2D eigenvalue weighted by atomic mass is 9.94. The van der Waals surface area contributed by atoms with Crippen molar-refractivity contribution in [3.05, 3.63) is 0 Å². The third-order valence-electron chi connectivity index (χ3n) is 3.52. The van der Waals surface area contributed by atoms with E-state index in [0.29, 0.717) is 6.61 Å². The van der Waals surface area contributed by atoms with Gasteiger partial charge in [0.2, 0.25) is 0 Å². The van der Waals surface area contributed by atoms with Gasteiger partial charge in [0.15, 0.2) is 5.79 Å². The SMILES string of the molecule is COC1(OCCN(C)CCCO)CCCCC1. The molecule has 17 heavy (non-hydrogen) atoms. The average molecular weight is 245 g/mol. The molecule has 1 saturated carbocycles. The smallest absolute Gasteiger partial charge is 0.167 e. The molecule has 0 aromatic rings. The first-order chi connectivity index (χ1) is 8.22. The van der Waals surface area contributed by atoms with E-state index in [0.717, 1.165) is 32.4 Å². The fraction of sp³-hybridized carbons (Fsp3) is 1.00. The van der Waals surface area contributed by atoms with Crippen molar-refractivity contribution >= 4 is 0 Å². The van der Waals surface area contributed by atoms with Crippen LogP contribution in [-0.2, 0) is 9.47 Å². The molecule has 1 aliphatic carbocycles. The van der Waals surface area contributed by atoms with Crippen molar-refractivity contribution in [3.63, 3.8) is 0 Å². The number of methoxy groups -OCH3 is 1. The second-order valence-corrected chi connectivity index (χ2v) is 4.90. The summed E-state index contributed by atoms with van der Waals surface area (Å²) in [6.45, 7) is 2.77. The second kappa shape index (κ2) is 8.03. The van der Waals surface area contributed by atoms with Crippen LogP contribution in [-0.4, -0.2) is 56.3 Å². The van der Waals surface area contributed by atoms with Crippen LogP contribution in [0.1, 0.15) is 38.5 Å². The predicted molar refractivity (Wildman–Crippen MR) is 68.0 cm³/mol. The fourth-order valence-electron chi connectivity index (χ4n) is 2.34. The van der Waals surface area contributed by atoms with E-state index in [4.69, 9.17) is 14.6 Å². The lowest BCUT2D eigenvalue weighted by Crippen LogP contribution is -2.39. The van der Waals surface area contributed by atoms with E-state index < -0.39 is 0 Å². The van der Waals surface area contributed by atoms with Crippen LogP contribution in [0.25, 0.3) is 0 Å². The summed E-state index contributed by atoms with van der Waals surface area (Å²) >= 11 is 0. The van der Waals surface area contributed by atoms with Gasteiger partial charge in [-0.05, 0) is 26.3 Å². The topological polar surface area (TPSA) is 41.9 Å². The van der Waals surface area contributed by atoms with Gasteiger partial charge in [0.25, 0.3) is 0 Å². The second-order valence-electron chi connectivity index (χ2n) is 4.90. The van der Waals surface area contributed by atoms with E-state index in [1.807, 2.05) is 0 Å². The number of hydrogen-bond donors (Lipinski definition) is 1. The van der Waals surface area contributed by atoms with Crippen LogP contribution in [0, 0.1) is 0 Å². The monoisotopic (exact) mass is 245 g/mol.